The Morgan fingerprint density at radius 2 is 1.94 bits per heavy atom. The zero-order valence-electron chi connectivity index (χ0n) is 19.1. The molecule has 1 atom stereocenters. The number of methoxy groups -OCH3 is 1. The molecule has 1 fully saturated rings. The van der Waals surface area contributed by atoms with E-state index < -0.39 is 0 Å². The van der Waals surface area contributed by atoms with Crippen LogP contribution in [0.1, 0.15) is 46.9 Å². The van der Waals surface area contributed by atoms with E-state index in [0.717, 1.165) is 50.7 Å². The lowest BCUT2D eigenvalue weighted by Crippen LogP contribution is -2.43. The molecule has 0 aliphatic carbocycles. The van der Waals surface area contributed by atoms with E-state index in [2.05, 4.69) is 46.5 Å². The number of guanidine groups is 1. The molecule has 8 heteroatoms. The smallest absolute Gasteiger partial charge is 0.191 e. The third kappa shape index (κ3) is 7.32. The quantitative estimate of drug-likeness (QED) is 0.275. The molecule has 1 aromatic heterocycles. The largest absolute Gasteiger partial charge is 0.497 e. The fourth-order valence-electron chi connectivity index (χ4n) is 3.96. The number of nitrogens with one attached hydrogen (secondary N) is 2. The molecule has 0 radical (unpaired) electrons. The molecule has 2 aromatic rings. The Labute approximate surface area is 207 Å². The summed E-state index contributed by atoms with van der Waals surface area (Å²) in [5.41, 5.74) is 2.54. The van der Waals surface area contributed by atoms with Crippen molar-refractivity contribution in [2.75, 3.05) is 40.3 Å². The first-order chi connectivity index (χ1) is 14.6. The number of nitrogens with zero attached hydrogens (tertiary/aromatic N) is 3. The lowest BCUT2D eigenvalue weighted by Gasteiger charge is -2.29. The van der Waals surface area contributed by atoms with Gasteiger partial charge < -0.3 is 15.4 Å². The fourth-order valence-corrected chi connectivity index (χ4v) is 4.98. The van der Waals surface area contributed by atoms with E-state index in [1.165, 1.54) is 34.0 Å². The van der Waals surface area contributed by atoms with Crippen LogP contribution >= 0.6 is 35.3 Å². The third-order valence-electron chi connectivity index (χ3n) is 5.67. The Morgan fingerprint density at radius 3 is 2.52 bits per heavy atom. The second-order valence-electron chi connectivity index (χ2n) is 7.63. The molecule has 1 aliphatic heterocycles. The van der Waals surface area contributed by atoms with E-state index >= 15 is 0 Å². The van der Waals surface area contributed by atoms with Crippen molar-refractivity contribution >= 4 is 41.3 Å². The number of aryl methyl sites for hydroxylation is 2. The third-order valence-corrected chi connectivity index (χ3v) is 6.74. The number of thiazole rings is 1. The Morgan fingerprint density at radius 1 is 1.23 bits per heavy atom. The maximum absolute atomic E-state index is 5.32. The van der Waals surface area contributed by atoms with E-state index in [1.807, 2.05) is 19.2 Å². The number of benzene rings is 1. The lowest BCUT2D eigenvalue weighted by atomic mass is 10.1. The van der Waals surface area contributed by atoms with Crippen molar-refractivity contribution in [1.29, 1.82) is 0 Å². The van der Waals surface area contributed by atoms with Crippen LogP contribution in [0.5, 0.6) is 5.75 Å². The molecule has 6 nitrogen and oxygen atoms in total. The van der Waals surface area contributed by atoms with Crippen molar-refractivity contribution in [2.24, 2.45) is 4.99 Å². The summed E-state index contributed by atoms with van der Waals surface area (Å²) in [6.45, 7) is 8.26. The van der Waals surface area contributed by atoms with Gasteiger partial charge in [0.2, 0.25) is 0 Å². The highest BCUT2D eigenvalue weighted by molar-refractivity contribution is 14.0. The van der Waals surface area contributed by atoms with Crippen LogP contribution in [0.4, 0.5) is 0 Å². The van der Waals surface area contributed by atoms with E-state index in [4.69, 9.17) is 9.72 Å². The van der Waals surface area contributed by atoms with Gasteiger partial charge in [0.1, 0.15) is 5.75 Å². The molecule has 0 bridgehead atoms. The van der Waals surface area contributed by atoms with Gasteiger partial charge in [-0.25, -0.2) is 4.98 Å². The predicted octanol–water partition coefficient (Wildman–Crippen LogP) is 4.19. The van der Waals surface area contributed by atoms with Crippen molar-refractivity contribution in [3.63, 3.8) is 0 Å². The van der Waals surface area contributed by atoms with Gasteiger partial charge in [-0.05, 0) is 57.0 Å². The molecular weight excluding hydrogens is 521 g/mol. The maximum Gasteiger partial charge on any atom is 0.191 e. The van der Waals surface area contributed by atoms with Crippen LogP contribution in [0.25, 0.3) is 0 Å². The summed E-state index contributed by atoms with van der Waals surface area (Å²) < 4.78 is 5.32. The van der Waals surface area contributed by atoms with Crippen LogP contribution in [0.15, 0.2) is 29.3 Å². The van der Waals surface area contributed by atoms with Crippen LogP contribution < -0.4 is 15.4 Å². The van der Waals surface area contributed by atoms with Crippen molar-refractivity contribution in [2.45, 2.75) is 45.6 Å². The van der Waals surface area contributed by atoms with Crippen LogP contribution in [-0.2, 0) is 12.8 Å². The first-order valence-electron chi connectivity index (χ1n) is 10.9. The summed E-state index contributed by atoms with van der Waals surface area (Å²) in [7, 11) is 3.54. The molecule has 0 saturated carbocycles. The van der Waals surface area contributed by atoms with Crippen LogP contribution in [0, 0.1) is 6.92 Å². The van der Waals surface area contributed by atoms with Crippen LogP contribution in [0.3, 0.4) is 0 Å². The number of aromatic nitrogens is 1. The minimum Gasteiger partial charge on any atom is -0.497 e. The van der Waals surface area contributed by atoms with Gasteiger partial charge in [-0.2, -0.15) is 0 Å². The number of hydrogen-bond acceptors (Lipinski definition) is 5. The highest BCUT2D eigenvalue weighted by Crippen LogP contribution is 2.26. The summed E-state index contributed by atoms with van der Waals surface area (Å²) in [4.78, 5) is 13.0. The topological polar surface area (TPSA) is 61.8 Å². The summed E-state index contributed by atoms with van der Waals surface area (Å²) in [6.07, 6.45) is 4.46. The van der Waals surface area contributed by atoms with Gasteiger partial charge in [-0.1, -0.05) is 19.1 Å². The Balaban J connectivity index is 0.00000341. The average Bonchev–Trinajstić information content (AvgIpc) is 3.42. The van der Waals surface area contributed by atoms with E-state index in [9.17, 15) is 0 Å². The van der Waals surface area contributed by atoms with Gasteiger partial charge in [0.15, 0.2) is 5.96 Å². The van der Waals surface area contributed by atoms with Gasteiger partial charge in [0.25, 0.3) is 0 Å². The lowest BCUT2D eigenvalue weighted by molar-refractivity contribution is 0.245. The molecule has 2 heterocycles. The number of ether oxygens (including phenoxy) is 1. The SMILES string of the molecule is CCc1nc(CCNC(=NC)NCC(c2ccc(OC)cc2)N2CCCC2)sc1C.I. The second kappa shape index (κ2) is 13.2. The molecule has 0 amide bonds. The fraction of sp³-hybridized carbons (Fsp3) is 0.565. The van der Waals surface area contributed by atoms with Gasteiger partial charge in [0.05, 0.1) is 23.9 Å². The molecule has 3 rings (SSSR count). The van der Waals surface area contributed by atoms with Crippen molar-refractivity contribution < 1.29 is 4.74 Å². The van der Waals surface area contributed by atoms with E-state index in [-0.39, 0.29) is 24.0 Å². The number of rotatable bonds is 9. The number of likely N-dealkylation sites (tertiary alicyclic amines) is 1. The Kier molecular flexibility index (Phi) is 11.0. The zero-order chi connectivity index (χ0) is 21.3. The maximum atomic E-state index is 5.32. The summed E-state index contributed by atoms with van der Waals surface area (Å²) >= 11 is 1.81. The van der Waals surface area contributed by atoms with Gasteiger partial charge >= 0.3 is 0 Å². The first-order valence-corrected chi connectivity index (χ1v) is 11.7. The molecule has 172 valence electrons. The van der Waals surface area contributed by atoms with Crippen LogP contribution in [0.2, 0.25) is 0 Å². The minimum absolute atomic E-state index is 0. The average molecular weight is 558 g/mol. The minimum atomic E-state index is 0. The standard InChI is InChI=1S/C23H35N5OS.HI/c1-5-20-17(2)30-22(27-20)12-13-25-23(24-3)26-16-21(28-14-6-7-15-28)18-8-10-19(29-4)11-9-18;/h8-11,21H,5-7,12-16H2,1-4H3,(H2,24,25,26);1H. The van der Waals surface area contributed by atoms with Crippen molar-refractivity contribution in [3.05, 3.63) is 45.4 Å². The summed E-state index contributed by atoms with van der Waals surface area (Å²) in [5.74, 6) is 1.74. The molecule has 1 aromatic carbocycles. The number of halogens is 1. The van der Waals surface area contributed by atoms with E-state index in [1.54, 1.807) is 18.4 Å². The van der Waals surface area contributed by atoms with Gasteiger partial charge in [-0.15, -0.1) is 35.3 Å². The van der Waals surface area contributed by atoms with Crippen molar-refractivity contribution in [1.82, 2.24) is 20.5 Å². The zero-order valence-corrected chi connectivity index (χ0v) is 22.3. The van der Waals surface area contributed by atoms with E-state index in [0.29, 0.717) is 6.04 Å². The monoisotopic (exact) mass is 557 g/mol. The predicted molar refractivity (Wildman–Crippen MR) is 141 cm³/mol. The van der Waals surface area contributed by atoms with Gasteiger partial charge in [0, 0.05) is 31.4 Å². The highest BCUT2D eigenvalue weighted by atomic mass is 127. The van der Waals surface area contributed by atoms with Crippen molar-refractivity contribution in [3.8, 4) is 5.75 Å². The Bertz CT molecular complexity index is 818. The number of hydrogen-bond donors (Lipinski definition) is 2. The second-order valence-corrected chi connectivity index (χ2v) is 8.91. The van der Waals surface area contributed by atoms with Gasteiger partial charge in [-0.3, -0.25) is 9.89 Å². The summed E-state index contributed by atoms with van der Waals surface area (Å²) in [5, 5.41) is 8.18. The van der Waals surface area contributed by atoms with Crippen LogP contribution in [-0.4, -0.2) is 56.2 Å². The number of aliphatic imine (C=N–C) groups is 1. The molecule has 1 unspecified atom stereocenters. The molecule has 0 spiro atoms. The molecular formula is C23H36IN5OS. The molecule has 31 heavy (non-hydrogen) atoms. The normalized spacial score (nSPS) is 15.4. The molecule has 2 N–H and O–H groups in total. The first kappa shape index (κ1) is 25.9. The molecule has 1 aliphatic rings. The summed E-state index contributed by atoms with van der Waals surface area (Å²) in [6, 6.07) is 8.77. The molecule has 1 saturated heterocycles. The Hall–Kier alpha value is -1.39. The highest BCUT2D eigenvalue weighted by Gasteiger charge is 2.23.